The molecule has 1 aliphatic rings. The van der Waals surface area contributed by atoms with Crippen LogP contribution in [0.4, 0.5) is 0 Å². The van der Waals surface area contributed by atoms with E-state index in [0.717, 1.165) is 31.3 Å². The second-order valence-corrected chi connectivity index (χ2v) is 8.76. The first-order chi connectivity index (χ1) is 10.2. The standard InChI is InChI=1S/C17H30N4S.HI/c1-7-18-15(21-9-8-17(5,6)12-21)19-10-13-11-22-14(20-13)16(2,3)4;/h11H,7-10,12H2,1-6H3,(H,18,19);1H. The van der Waals surface area contributed by atoms with Crippen LogP contribution in [0, 0.1) is 5.41 Å². The van der Waals surface area contributed by atoms with Gasteiger partial charge in [0.15, 0.2) is 5.96 Å². The predicted molar refractivity (Wildman–Crippen MR) is 111 cm³/mol. The van der Waals surface area contributed by atoms with E-state index in [0.29, 0.717) is 12.0 Å². The maximum absolute atomic E-state index is 4.80. The van der Waals surface area contributed by atoms with Crippen molar-refractivity contribution in [2.45, 2.75) is 59.9 Å². The van der Waals surface area contributed by atoms with Gasteiger partial charge in [-0.2, -0.15) is 0 Å². The van der Waals surface area contributed by atoms with Crippen LogP contribution in [0.15, 0.2) is 10.4 Å². The summed E-state index contributed by atoms with van der Waals surface area (Å²) in [5.41, 5.74) is 1.58. The molecule has 0 aliphatic carbocycles. The van der Waals surface area contributed by atoms with Crippen molar-refractivity contribution >= 4 is 41.3 Å². The molecule has 1 fully saturated rings. The van der Waals surface area contributed by atoms with Crippen molar-refractivity contribution in [3.63, 3.8) is 0 Å². The Morgan fingerprint density at radius 2 is 2.13 bits per heavy atom. The Morgan fingerprint density at radius 3 is 2.61 bits per heavy atom. The lowest BCUT2D eigenvalue weighted by atomic mass is 9.93. The molecule has 1 N–H and O–H groups in total. The minimum atomic E-state index is 0. The molecule has 0 aromatic carbocycles. The molecule has 0 unspecified atom stereocenters. The van der Waals surface area contributed by atoms with Gasteiger partial charge in [-0.15, -0.1) is 35.3 Å². The van der Waals surface area contributed by atoms with Crippen molar-refractivity contribution in [3.05, 3.63) is 16.1 Å². The summed E-state index contributed by atoms with van der Waals surface area (Å²) in [4.78, 5) is 11.9. The van der Waals surface area contributed by atoms with E-state index in [2.05, 4.69) is 57.1 Å². The monoisotopic (exact) mass is 450 g/mol. The van der Waals surface area contributed by atoms with Crippen molar-refractivity contribution < 1.29 is 0 Å². The summed E-state index contributed by atoms with van der Waals surface area (Å²) < 4.78 is 0. The number of nitrogens with one attached hydrogen (secondary N) is 1. The molecule has 4 nitrogen and oxygen atoms in total. The van der Waals surface area contributed by atoms with Crippen LogP contribution in [0.5, 0.6) is 0 Å². The summed E-state index contributed by atoms with van der Waals surface area (Å²) in [6.07, 6.45) is 1.22. The summed E-state index contributed by atoms with van der Waals surface area (Å²) in [7, 11) is 0. The Hall–Kier alpha value is -0.370. The van der Waals surface area contributed by atoms with Gasteiger partial charge in [0, 0.05) is 30.4 Å². The Labute approximate surface area is 162 Å². The van der Waals surface area contributed by atoms with Crippen LogP contribution in [0.3, 0.4) is 0 Å². The minimum Gasteiger partial charge on any atom is -0.357 e. The molecule has 132 valence electrons. The van der Waals surface area contributed by atoms with Crippen molar-refractivity contribution in [3.8, 4) is 0 Å². The number of nitrogens with zero attached hydrogens (tertiary/aromatic N) is 3. The largest absolute Gasteiger partial charge is 0.357 e. The van der Waals surface area contributed by atoms with Gasteiger partial charge in [-0.3, -0.25) is 0 Å². The van der Waals surface area contributed by atoms with Gasteiger partial charge in [-0.1, -0.05) is 34.6 Å². The van der Waals surface area contributed by atoms with E-state index in [4.69, 9.17) is 9.98 Å². The third-order valence-corrected chi connectivity index (χ3v) is 5.21. The van der Waals surface area contributed by atoms with Gasteiger partial charge in [0.05, 0.1) is 17.2 Å². The van der Waals surface area contributed by atoms with Crippen LogP contribution in [-0.2, 0) is 12.0 Å². The highest BCUT2D eigenvalue weighted by atomic mass is 127. The molecule has 0 spiro atoms. The van der Waals surface area contributed by atoms with Gasteiger partial charge in [0.2, 0.25) is 0 Å². The average molecular weight is 450 g/mol. The van der Waals surface area contributed by atoms with E-state index >= 15 is 0 Å². The Kier molecular flexibility index (Phi) is 7.32. The summed E-state index contributed by atoms with van der Waals surface area (Å²) in [6, 6.07) is 0. The zero-order valence-electron chi connectivity index (χ0n) is 15.3. The van der Waals surface area contributed by atoms with Gasteiger partial charge in [-0.25, -0.2) is 9.98 Å². The molecule has 1 aliphatic heterocycles. The predicted octanol–water partition coefficient (Wildman–Crippen LogP) is 4.26. The highest BCUT2D eigenvalue weighted by Crippen LogP contribution is 2.29. The van der Waals surface area contributed by atoms with E-state index in [1.54, 1.807) is 11.3 Å². The quantitative estimate of drug-likeness (QED) is 0.425. The fourth-order valence-electron chi connectivity index (χ4n) is 2.60. The molecule has 1 aromatic heterocycles. The van der Waals surface area contributed by atoms with E-state index in [1.165, 1.54) is 11.4 Å². The molecule has 6 heteroatoms. The third-order valence-electron chi connectivity index (χ3n) is 3.90. The van der Waals surface area contributed by atoms with Crippen molar-refractivity contribution in [2.24, 2.45) is 10.4 Å². The SMILES string of the molecule is CCNC(=NCc1csc(C(C)(C)C)n1)N1CCC(C)(C)C1.I. The molecule has 2 heterocycles. The molecule has 0 saturated carbocycles. The fourth-order valence-corrected chi connectivity index (χ4v) is 3.50. The Morgan fingerprint density at radius 1 is 1.43 bits per heavy atom. The number of guanidine groups is 1. The first-order valence-corrected chi connectivity index (χ1v) is 9.07. The number of halogens is 1. The van der Waals surface area contributed by atoms with Crippen LogP contribution in [0.25, 0.3) is 0 Å². The lowest BCUT2D eigenvalue weighted by Gasteiger charge is -2.23. The van der Waals surface area contributed by atoms with Gasteiger partial charge in [0.25, 0.3) is 0 Å². The van der Waals surface area contributed by atoms with Crippen molar-refractivity contribution in [1.29, 1.82) is 0 Å². The molecule has 1 aromatic rings. The second-order valence-electron chi connectivity index (χ2n) is 7.90. The van der Waals surface area contributed by atoms with Crippen LogP contribution < -0.4 is 5.32 Å². The third kappa shape index (κ3) is 5.89. The summed E-state index contributed by atoms with van der Waals surface area (Å²) in [5, 5.41) is 6.75. The zero-order valence-corrected chi connectivity index (χ0v) is 18.4. The molecule has 23 heavy (non-hydrogen) atoms. The van der Waals surface area contributed by atoms with Crippen LogP contribution in [0.1, 0.15) is 58.7 Å². The summed E-state index contributed by atoms with van der Waals surface area (Å²) in [5.74, 6) is 1.03. The molecule has 0 amide bonds. The van der Waals surface area contributed by atoms with E-state index < -0.39 is 0 Å². The number of rotatable bonds is 3. The summed E-state index contributed by atoms with van der Waals surface area (Å²) >= 11 is 1.74. The Bertz CT molecular complexity index is 531. The maximum Gasteiger partial charge on any atom is 0.194 e. The van der Waals surface area contributed by atoms with Gasteiger partial charge >= 0.3 is 0 Å². The van der Waals surface area contributed by atoms with E-state index in [9.17, 15) is 0 Å². The Balaban J connectivity index is 0.00000264. The summed E-state index contributed by atoms with van der Waals surface area (Å²) in [6.45, 7) is 17.1. The number of aromatic nitrogens is 1. The van der Waals surface area contributed by atoms with Crippen molar-refractivity contribution in [2.75, 3.05) is 19.6 Å². The number of hydrogen-bond donors (Lipinski definition) is 1. The molecular formula is C17H31IN4S. The highest BCUT2D eigenvalue weighted by Gasteiger charge is 2.30. The second kappa shape index (κ2) is 8.14. The molecular weight excluding hydrogens is 419 g/mol. The fraction of sp³-hybridized carbons (Fsp3) is 0.765. The molecule has 0 atom stereocenters. The van der Waals surface area contributed by atoms with Crippen LogP contribution in [0.2, 0.25) is 0 Å². The molecule has 0 bridgehead atoms. The number of likely N-dealkylation sites (tertiary alicyclic amines) is 1. The first kappa shape index (κ1) is 20.7. The zero-order chi connectivity index (χ0) is 16.4. The van der Waals surface area contributed by atoms with Gasteiger partial charge < -0.3 is 10.2 Å². The van der Waals surface area contributed by atoms with Crippen molar-refractivity contribution in [1.82, 2.24) is 15.2 Å². The smallest absolute Gasteiger partial charge is 0.194 e. The van der Waals surface area contributed by atoms with Crippen LogP contribution in [-0.4, -0.2) is 35.5 Å². The van der Waals surface area contributed by atoms with E-state index in [1.807, 2.05) is 0 Å². The number of hydrogen-bond acceptors (Lipinski definition) is 3. The van der Waals surface area contributed by atoms with E-state index in [-0.39, 0.29) is 29.4 Å². The topological polar surface area (TPSA) is 40.5 Å². The highest BCUT2D eigenvalue weighted by molar-refractivity contribution is 14.0. The maximum atomic E-state index is 4.80. The van der Waals surface area contributed by atoms with Gasteiger partial charge in [0.1, 0.15) is 0 Å². The number of thiazole rings is 1. The normalized spacial score (nSPS) is 18.0. The lowest BCUT2D eigenvalue weighted by Crippen LogP contribution is -2.40. The lowest BCUT2D eigenvalue weighted by molar-refractivity contribution is 0.370. The van der Waals surface area contributed by atoms with Crippen LogP contribution >= 0.6 is 35.3 Å². The molecule has 1 saturated heterocycles. The minimum absolute atomic E-state index is 0. The average Bonchev–Trinajstić information content (AvgIpc) is 3.00. The first-order valence-electron chi connectivity index (χ1n) is 8.19. The number of aliphatic imine (C=N–C) groups is 1. The molecule has 2 rings (SSSR count). The van der Waals surface area contributed by atoms with Gasteiger partial charge in [-0.05, 0) is 18.8 Å². The molecule has 0 radical (unpaired) electrons.